The Balaban J connectivity index is 3.13. The summed E-state index contributed by atoms with van der Waals surface area (Å²) < 4.78 is 28.9. The van der Waals surface area contributed by atoms with Crippen LogP contribution in [0, 0.1) is 0 Å². The molecule has 0 amide bonds. The predicted molar refractivity (Wildman–Crippen MR) is 69.7 cm³/mol. The molecule has 0 saturated carbocycles. The van der Waals surface area contributed by atoms with Gasteiger partial charge < -0.3 is 4.74 Å². The number of sulfone groups is 1. The standard InChI is InChI=1S/C11H12Cl2O4S/c1-3-17-11(14)7(2)18(15,16)8-4-5-9(12)10(13)6-8/h4-7H,3H2,1-2H3. The molecule has 1 rings (SSSR count). The van der Waals surface area contributed by atoms with Crippen LogP contribution in [-0.4, -0.2) is 26.2 Å². The van der Waals surface area contributed by atoms with Crippen LogP contribution in [0.4, 0.5) is 0 Å². The Morgan fingerprint density at radius 3 is 2.44 bits per heavy atom. The largest absolute Gasteiger partial charge is 0.465 e. The van der Waals surface area contributed by atoms with Crippen molar-refractivity contribution in [3.63, 3.8) is 0 Å². The fraction of sp³-hybridized carbons (Fsp3) is 0.364. The second kappa shape index (κ2) is 5.91. The Hall–Kier alpha value is -0.780. The van der Waals surface area contributed by atoms with Crippen molar-refractivity contribution in [1.82, 2.24) is 0 Å². The number of esters is 1. The van der Waals surface area contributed by atoms with Gasteiger partial charge in [0.2, 0.25) is 0 Å². The molecule has 1 aromatic carbocycles. The summed E-state index contributed by atoms with van der Waals surface area (Å²) in [5.41, 5.74) is 0. The minimum atomic E-state index is -3.82. The highest BCUT2D eigenvalue weighted by atomic mass is 35.5. The van der Waals surface area contributed by atoms with Crippen LogP contribution in [0.15, 0.2) is 23.1 Å². The SMILES string of the molecule is CCOC(=O)C(C)S(=O)(=O)c1ccc(Cl)c(Cl)c1. The van der Waals surface area contributed by atoms with Crippen LogP contribution >= 0.6 is 23.2 Å². The van der Waals surface area contributed by atoms with Crippen molar-refractivity contribution in [2.75, 3.05) is 6.61 Å². The van der Waals surface area contributed by atoms with Crippen LogP contribution in [0.3, 0.4) is 0 Å². The van der Waals surface area contributed by atoms with Crippen molar-refractivity contribution >= 4 is 39.0 Å². The molecule has 0 heterocycles. The minimum absolute atomic E-state index is 0.0579. The zero-order valence-corrected chi connectivity index (χ0v) is 12.1. The molecular formula is C11H12Cl2O4S. The summed E-state index contributed by atoms with van der Waals surface area (Å²) in [6, 6.07) is 3.89. The number of carbonyl (C=O) groups is 1. The number of hydrogen-bond acceptors (Lipinski definition) is 4. The van der Waals surface area contributed by atoms with Crippen molar-refractivity contribution in [2.45, 2.75) is 24.0 Å². The van der Waals surface area contributed by atoms with Crippen LogP contribution in [0.1, 0.15) is 13.8 Å². The van der Waals surface area contributed by atoms with Crippen molar-refractivity contribution < 1.29 is 17.9 Å². The second-order valence-corrected chi connectivity index (χ2v) is 6.60. The normalized spacial score (nSPS) is 13.1. The molecular weight excluding hydrogens is 299 g/mol. The highest BCUT2D eigenvalue weighted by Crippen LogP contribution is 2.26. The van der Waals surface area contributed by atoms with E-state index in [1.165, 1.54) is 25.1 Å². The molecule has 1 unspecified atom stereocenters. The van der Waals surface area contributed by atoms with Gasteiger partial charge in [0.1, 0.15) is 0 Å². The van der Waals surface area contributed by atoms with Crippen molar-refractivity contribution in [2.24, 2.45) is 0 Å². The van der Waals surface area contributed by atoms with Gasteiger partial charge in [-0.15, -0.1) is 0 Å². The molecule has 7 heteroatoms. The summed E-state index contributed by atoms with van der Waals surface area (Å²) in [5, 5.41) is -0.914. The first-order valence-corrected chi connectivity index (χ1v) is 7.46. The Bertz CT molecular complexity index is 554. The maximum Gasteiger partial charge on any atom is 0.324 e. The van der Waals surface area contributed by atoms with Gasteiger partial charge >= 0.3 is 5.97 Å². The molecule has 0 aliphatic heterocycles. The highest BCUT2D eigenvalue weighted by molar-refractivity contribution is 7.92. The van der Waals surface area contributed by atoms with Gasteiger partial charge in [-0.3, -0.25) is 4.79 Å². The van der Waals surface area contributed by atoms with Gasteiger partial charge in [0.05, 0.1) is 21.5 Å². The first kappa shape index (κ1) is 15.3. The molecule has 0 radical (unpaired) electrons. The zero-order chi connectivity index (χ0) is 13.9. The lowest BCUT2D eigenvalue weighted by molar-refractivity contribution is -0.142. The van der Waals surface area contributed by atoms with Gasteiger partial charge in [-0.05, 0) is 32.0 Å². The Morgan fingerprint density at radius 2 is 1.94 bits per heavy atom. The van der Waals surface area contributed by atoms with Crippen molar-refractivity contribution in [3.8, 4) is 0 Å². The first-order valence-electron chi connectivity index (χ1n) is 5.16. The molecule has 0 aliphatic rings. The lowest BCUT2D eigenvalue weighted by atomic mass is 10.4. The van der Waals surface area contributed by atoms with Gasteiger partial charge in [-0.25, -0.2) is 8.42 Å². The summed E-state index contributed by atoms with van der Waals surface area (Å²) in [4.78, 5) is 11.4. The van der Waals surface area contributed by atoms with E-state index in [4.69, 9.17) is 23.2 Å². The third kappa shape index (κ3) is 3.16. The minimum Gasteiger partial charge on any atom is -0.465 e. The third-order valence-electron chi connectivity index (χ3n) is 2.30. The smallest absolute Gasteiger partial charge is 0.324 e. The molecule has 0 aliphatic carbocycles. The van der Waals surface area contributed by atoms with Gasteiger partial charge in [-0.1, -0.05) is 23.2 Å². The molecule has 18 heavy (non-hydrogen) atoms. The number of halogens is 2. The maximum absolute atomic E-state index is 12.1. The fourth-order valence-corrected chi connectivity index (χ4v) is 2.88. The molecule has 0 fully saturated rings. The average molecular weight is 311 g/mol. The zero-order valence-electron chi connectivity index (χ0n) is 9.81. The van der Waals surface area contributed by atoms with E-state index in [9.17, 15) is 13.2 Å². The molecule has 0 aromatic heterocycles. The quantitative estimate of drug-likeness (QED) is 0.802. The van der Waals surface area contributed by atoms with Crippen LogP contribution < -0.4 is 0 Å². The molecule has 1 aromatic rings. The summed E-state index contributed by atoms with van der Waals surface area (Å²) in [7, 11) is -3.82. The van der Waals surface area contributed by atoms with Crippen LogP contribution in [0.25, 0.3) is 0 Å². The summed E-state index contributed by atoms with van der Waals surface area (Å²) in [5.74, 6) is -0.788. The van der Waals surface area contributed by atoms with E-state index in [2.05, 4.69) is 4.74 Å². The fourth-order valence-electron chi connectivity index (χ4n) is 1.24. The number of benzene rings is 1. The Morgan fingerprint density at radius 1 is 1.33 bits per heavy atom. The summed E-state index contributed by atoms with van der Waals surface area (Å²) in [6.07, 6.45) is 0. The van der Waals surface area contributed by atoms with E-state index >= 15 is 0 Å². The molecule has 0 spiro atoms. The number of hydrogen-bond donors (Lipinski definition) is 0. The van der Waals surface area contributed by atoms with E-state index in [1.54, 1.807) is 6.92 Å². The van der Waals surface area contributed by atoms with Gasteiger partial charge in [-0.2, -0.15) is 0 Å². The third-order valence-corrected chi connectivity index (χ3v) is 5.08. The van der Waals surface area contributed by atoms with E-state index in [0.717, 1.165) is 0 Å². The van der Waals surface area contributed by atoms with E-state index in [0.29, 0.717) is 0 Å². The second-order valence-electron chi connectivity index (χ2n) is 3.52. The summed E-state index contributed by atoms with van der Waals surface area (Å²) >= 11 is 11.5. The summed E-state index contributed by atoms with van der Waals surface area (Å²) in [6.45, 7) is 3.01. The predicted octanol–water partition coefficient (Wildman–Crippen LogP) is 2.72. The van der Waals surface area contributed by atoms with Crippen LogP contribution in [-0.2, 0) is 19.4 Å². The van der Waals surface area contributed by atoms with Gasteiger partial charge in [0.25, 0.3) is 0 Å². The number of carbonyl (C=O) groups excluding carboxylic acids is 1. The number of ether oxygens (including phenoxy) is 1. The van der Waals surface area contributed by atoms with Crippen LogP contribution in [0.2, 0.25) is 10.0 Å². The van der Waals surface area contributed by atoms with E-state index in [-0.39, 0.29) is 21.5 Å². The Labute approximate surface area is 116 Å². The molecule has 0 saturated heterocycles. The monoisotopic (exact) mass is 310 g/mol. The molecule has 4 nitrogen and oxygen atoms in total. The van der Waals surface area contributed by atoms with Crippen molar-refractivity contribution in [1.29, 1.82) is 0 Å². The molecule has 1 atom stereocenters. The molecule has 100 valence electrons. The lowest BCUT2D eigenvalue weighted by Gasteiger charge is -2.12. The van der Waals surface area contributed by atoms with Crippen molar-refractivity contribution in [3.05, 3.63) is 28.2 Å². The van der Waals surface area contributed by atoms with Gasteiger partial charge in [0.15, 0.2) is 15.1 Å². The number of rotatable bonds is 4. The molecule has 0 bridgehead atoms. The van der Waals surface area contributed by atoms with Gasteiger partial charge in [0, 0.05) is 0 Å². The lowest BCUT2D eigenvalue weighted by Crippen LogP contribution is -2.29. The Kier molecular flexibility index (Phi) is 5.01. The molecule has 0 N–H and O–H groups in total. The average Bonchev–Trinajstić information content (AvgIpc) is 2.31. The topological polar surface area (TPSA) is 60.4 Å². The van der Waals surface area contributed by atoms with E-state index < -0.39 is 21.1 Å². The maximum atomic E-state index is 12.1. The van der Waals surface area contributed by atoms with Crippen LogP contribution in [0.5, 0.6) is 0 Å². The highest BCUT2D eigenvalue weighted by Gasteiger charge is 2.31. The van der Waals surface area contributed by atoms with E-state index in [1.807, 2.05) is 0 Å². The first-order chi connectivity index (χ1) is 8.30.